The standard InChI is InChI=1S/C18H20F2O4/c1-4-23-16(21)14(20)9-13-15(18(13,2)3)17(22)24-10-11-5-7-12(19)8-6-11/h5-9,13,15H,4,10H2,1-3H3/t13-,15-/m0/s1. The van der Waals surface area contributed by atoms with Crippen molar-refractivity contribution >= 4 is 11.9 Å². The Kier molecular flexibility index (Phi) is 5.36. The average Bonchev–Trinajstić information content (AvgIpc) is 3.07. The summed E-state index contributed by atoms with van der Waals surface area (Å²) in [6, 6.07) is 5.62. The number of rotatable bonds is 6. The molecule has 0 aliphatic heterocycles. The van der Waals surface area contributed by atoms with Gasteiger partial charge in [-0.15, -0.1) is 0 Å². The predicted octanol–water partition coefficient (Wildman–Crippen LogP) is 3.56. The van der Waals surface area contributed by atoms with E-state index >= 15 is 0 Å². The third-order valence-electron chi connectivity index (χ3n) is 4.26. The molecular formula is C18H20F2O4. The lowest BCUT2D eigenvalue weighted by molar-refractivity contribution is -0.147. The van der Waals surface area contributed by atoms with Crippen LogP contribution in [0.15, 0.2) is 36.2 Å². The number of esters is 2. The summed E-state index contributed by atoms with van der Waals surface area (Å²) in [6.45, 7) is 5.29. The van der Waals surface area contributed by atoms with E-state index in [1.54, 1.807) is 20.8 Å². The molecule has 24 heavy (non-hydrogen) atoms. The highest BCUT2D eigenvalue weighted by Gasteiger charge is 2.62. The zero-order valence-corrected chi connectivity index (χ0v) is 13.8. The highest BCUT2D eigenvalue weighted by atomic mass is 19.1. The van der Waals surface area contributed by atoms with Gasteiger partial charge < -0.3 is 9.47 Å². The van der Waals surface area contributed by atoms with E-state index in [0.717, 1.165) is 6.08 Å². The van der Waals surface area contributed by atoms with Gasteiger partial charge in [0, 0.05) is 0 Å². The Balaban J connectivity index is 1.96. The van der Waals surface area contributed by atoms with Gasteiger partial charge in [-0.2, -0.15) is 4.39 Å². The van der Waals surface area contributed by atoms with Crippen molar-refractivity contribution in [1.29, 1.82) is 0 Å². The van der Waals surface area contributed by atoms with Crippen molar-refractivity contribution in [2.75, 3.05) is 6.61 Å². The molecule has 0 saturated heterocycles. The number of benzene rings is 1. The largest absolute Gasteiger partial charge is 0.461 e. The fraction of sp³-hybridized carbons (Fsp3) is 0.444. The first kappa shape index (κ1) is 18.1. The SMILES string of the molecule is CCOC(=O)C(F)=C[C@H]1[C@@H](C(=O)OCc2ccc(F)cc2)C1(C)C. The van der Waals surface area contributed by atoms with Crippen molar-refractivity contribution in [2.45, 2.75) is 27.4 Å². The van der Waals surface area contributed by atoms with Gasteiger partial charge in [-0.3, -0.25) is 4.79 Å². The molecule has 1 aromatic carbocycles. The maximum absolute atomic E-state index is 13.7. The highest BCUT2D eigenvalue weighted by molar-refractivity contribution is 5.86. The Labute approximate surface area is 139 Å². The Morgan fingerprint density at radius 3 is 2.42 bits per heavy atom. The summed E-state index contributed by atoms with van der Waals surface area (Å²) in [7, 11) is 0. The maximum atomic E-state index is 13.7. The Bertz CT molecular complexity index is 649. The molecule has 0 amide bonds. The third kappa shape index (κ3) is 3.99. The van der Waals surface area contributed by atoms with Crippen LogP contribution in [0.4, 0.5) is 8.78 Å². The Morgan fingerprint density at radius 1 is 1.21 bits per heavy atom. The molecule has 6 heteroatoms. The minimum atomic E-state index is -1.03. The quantitative estimate of drug-likeness (QED) is 0.588. The molecule has 2 rings (SSSR count). The number of hydrogen-bond acceptors (Lipinski definition) is 4. The summed E-state index contributed by atoms with van der Waals surface area (Å²) >= 11 is 0. The van der Waals surface area contributed by atoms with Gasteiger partial charge in [0.15, 0.2) is 0 Å². The first-order chi connectivity index (χ1) is 11.3. The van der Waals surface area contributed by atoms with Crippen LogP contribution in [0, 0.1) is 23.1 Å². The van der Waals surface area contributed by atoms with Crippen LogP contribution in [0.5, 0.6) is 0 Å². The monoisotopic (exact) mass is 338 g/mol. The summed E-state index contributed by atoms with van der Waals surface area (Å²) in [5, 5.41) is 0. The van der Waals surface area contributed by atoms with Crippen molar-refractivity contribution in [2.24, 2.45) is 17.3 Å². The molecule has 1 aliphatic carbocycles. The zero-order valence-electron chi connectivity index (χ0n) is 13.8. The van der Waals surface area contributed by atoms with Crippen LogP contribution in [0.1, 0.15) is 26.3 Å². The highest BCUT2D eigenvalue weighted by Crippen LogP contribution is 2.60. The lowest BCUT2D eigenvalue weighted by atomic mass is 10.1. The molecule has 0 radical (unpaired) electrons. The predicted molar refractivity (Wildman–Crippen MR) is 82.8 cm³/mol. The molecule has 1 aliphatic rings. The van der Waals surface area contributed by atoms with E-state index in [2.05, 4.69) is 4.74 Å². The molecule has 4 nitrogen and oxygen atoms in total. The summed E-state index contributed by atoms with van der Waals surface area (Å²) in [5.74, 6) is -3.82. The van der Waals surface area contributed by atoms with Crippen LogP contribution in [-0.2, 0) is 25.7 Å². The van der Waals surface area contributed by atoms with Crippen molar-refractivity contribution in [3.8, 4) is 0 Å². The van der Waals surface area contributed by atoms with Crippen LogP contribution < -0.4 is 0 Å². The second-order valence-corrected chi connectivity index (χ2v) is 6.29. The maximum Gasteiger partial charge on any atom is 0.366 e. The van der Waals surface area contributed by atoms with Crippen LogP contribution in [-0.4, -0.2) is 18.5 Å². The van der Waals surface area contributed by atoms with E-state index in [1.165, 1.54) is 24.3 Å². The number of hydrogen-bond donors (Lipinski definition) is 0. The molecule has 0 unspecified atom stereocenters. The van der Waals surface area contributed by atoms with Gasteiger partial charge in [0.2, 0.25) is 5.83 Å². The van der Waals surface area contributed by atoms with E-state index < -0.39 is 35.0 Å². The molecule has 0 N–H and O–H groups in total. The zero-order chi connectivity index (χ0) is 17.9. The first-order valence-electron chi connectivity index (χ1n) is 7.73. The normalized spacial score (nSPS) is 22.0. The van der Waals surface area contributed by atoms with E-state index in [0.29, 0.717) is 5.56 Å². The molecule has 2 atom stereocenters. The Morgan fingerprint density at radius 2 is 1.83 bits per heavy atom. The van der Waals surface area contributed by atoms with Crippen LogP contribution in [0.2, 0.25) is 0 Å². The molecule has 1 saturated carbocycles. The molecular weight excluding hydrogens is 318 g/mol. The number of carbonyl (C=O) groups is 2. The minimum Gasteiger partial charge on any atom is -0.461 e. The summed E-state index contributed by atoms with van der Waals surface area (Å²) < 4.78 is 36.4. The molecule has 130 valence electrons. The van der Waals surface area contributed by atoms with Gasteiger partial charge in [0.1, 0.15) is 12.4 Å². The first-order valence-corrected chi connectivity index (χ1v) is 7.73. The molecule has 1 aromatic rings. The van der Waals surface area contributed by atoms with E-state index in [9.17, 15) is 18.4 Å². The second-order valence-electron chi connectivity index (χ2n) is 6.29. The molecule has 0 bridgehead atoms. The number of allylic oxidation sites excluding steroid dienone is 1. The average molecular weight is 338 g/mol. The smallest absolute Gasteiger partial charge is 0.366 e. The lowest BCUT2D eigenvalue weighted by Crippen LogP contribution is -2.10. The van der Waals surface area contributed by atoms with Crippen molar-refractivity contribution in [3.63, 3.8) is 0 Å². The van der Waals surface area contributed by atoms with Gasteiger partial charge >= 0.3 is 11.9 Å². The molecule has 1 fully saturated rings. The van der Waals surface area contributed by atoms with E-state index in [4.69, 9.17) is 4.74 Å². The van der Waals surface area contributed by atoms with Crippen LogP contribution in [0.3, 0.4) is 0 Å². The molecule has 0 spiro atoms. The lowest BCUT2D eigenvalue weighted by Gasteiger charge is -2.05. The molecule has 0 heterocycles. The third-order valence-corrected chi connectivity index (χ3v) is 4.26. The van der Waals surface area contributed by atoms with Gasteiger partial charge in [0.25, 0.3) is 0 Å². The fourth-order valence-electron chi connectivity index (χ4n) is 2.69. The van der Waals surface area contributed by atoms with Crippen molar-refractivity contribution < 1.29 is 27.8 Å². The van der Waals surface area contributed by atoms with Gasteiger partial charge in [-0.1, -0.05) is 26.0 Å². The number of halogens is 2. The Hall–Kier alpha value is -2.24. The van der Waals surface area contributed by atoms with Gasteiger partial charge in [0.05, 0.1) is 12.5 Å². The number of carbonyl (C=O) groups excluding carboxylic acids is 2. The minimum absolute atomic E-state index is 0.0164. The summed E-state index contributed by atoms with van der Waals surface area (Å²) in [5.41, 5.74) is 0.164. The van der Waals surface area contributed by atoms with Gasteiger partial charge in [-0.25, -0.2) is 9.18 Å². The fourth-order valence-corrected chi connectivity index (χ4v) is 2.69. The topological polar surface area (TPSA) is 52.6 Å². The van der Waals surface area contributed by atoms with Crippen LogP contribution in [0.25, 0.3) is 0 Å². The molecule has 0 aromatic heterocycles. The van der Waals surface area contributed by atoms with Crippen molar-refractivity contribution in [1.82, 2.24) is 0 Å². The second kappa shape index (κ2) is 7.11. The van der Waals surface area contributed by atoms with Crippen LogP contribution >= 0.6 is 0 Å². The summed E-state index contributed by atoms with van der Waals surface area (Å²) in [4.78, 5) is 23.5. The van der Waals surface area contributed by atoms with E-state index in [1.807, 2.05) is 0 Å². The summed E-state index contributed by atoms with van der Waals surface area (Å²) in [6.07, 6.45) is 1.13. The van der Waals surface area contributed by atoms with E-state index in [-0.39, 0.29) is 19.0 Å². The van der Waals surface area contributed by atoms with Gasteiger partial charge in [-0.05, 0) is 42.0 Å². The van der Waals surface area contributed by atoms with Crippen molar-refractivity contribution in [3.05, 3.63) is 47.5 Å². The number of ether oxygens (including phenoxy) is 2.